The van der Waals surface area contributed by atoms with Gasteiger partial charge < -0.3 is 15.5 Å². The van der Waals surface area contributed by atoms with E-state index < -0.39 is 12.0 Å². The van der Waals surface area contributed by atoms with Crippen LogP contribution >= 0.6 is 12.4 Å². The van der Waals surface area contributed by atoms with Gasteiger partial charge in [-0.25, -0.2) is 9.78 Å². The standard InChI is InChI=1S/C14H18N4O3.ClH/c1-7(2)10(15)12(19)18-14-16-9-6-4-5-8(11(9)17-14)13(20)21-3;/h4-7,10H,15H2,1-3H3,(H2,16,17,18,19);1H/t10-;/m0./s1. The van der Waals surface area contributed by atoms with Gasteiger partial charge in [0.15, 0.2) is 0 Å². The first kappa shape index (κ1) is 17.9. The second-order valence-corrected chi connectivity index (χ2v) is 5.04. The molecule has 0 saturated heterocycles. The van der Waals surface area contributed by atoms with Gasteiger partial charge in [0.25, 0.3) is 0 Å². The third-order valence-electron chi connectivity index (χ3n) is 3.18. The van der Waals surface area contributed by atoms with Crippen LogP contribution in [-0.4, -0.2) is 35.0 Å². The van der Waals surface area contributed by atoms with Crippen LogP contribution in [0.4, 0.5) is 5.95 Å². The van der Waals surface area contributed by atoms with Crippen LogP contribution in [0.3, 0.4) is 0 Å². The number of benzene rings is 1. The lowest BCUT2D eigenvalue weighted by Gasteiger charge is -2.13. The molecule has 0 saturated carbocycles. The number of anilines is 1. The first-order valence-corrected chi connectivity index (χ1v) is 6.57. The Morgan fingerprint density at radius 3 is 2.64 bits per heavy atom. The Hall–Kier alpha value is -2.12. The predicted molar refractivity (Wildman–Crippen MR) is 86.1 cm³/mol. The number of imidazole rings is 1. The Kier molecular flexibility index (Phi) is 5.90. The van der Waals surface area contributed by atoms with E-state index in [0.717, 1.165) is 0 Å². The topological polar surface area (TPSA) is 110 Å². The molecule has 1 atom stereocenters. The molecule has 22 heavy (non-hydrogen) atoms. The van der Waals surface area contributed by atoms with Crippen LogP contribution in [0.2, 0.25) is 0 Å². The maximum absolute atomic E-state index is 11.9. The number of H-pyrrole nitrogens is 1. The largest absolute Gasteiger partial charge is 0.465 e. The number of ether oxygens (including phenoxy) is 1. The molecule has 1 aromatic carbocycles. The first-order chi connectivity index (χ1) is 9.93. The minimum atomic E-state index is -0.627. The molecule has 1 heterocycles. The van der Waals surface area contributed by atoms with Gasteiger partial charge in [-0.3, -0.25) is 10.1 Å². The second kappa shape index (κ2) is 7.24. The minimum absolute atomic E-state index is 0. The number of rotatable bonds is 4. The van der Waals surface area contributed by atoms with Gasteiger partial charge in [-0.15, -0.1) is 12.4 Å². The number of aromatic nitrogens is 2. The SMILES string of the molecule is COC(=O)c1cccc2[nH]c(NC(=O)[C@@H](N)C(C)C)nc12.Cl. The number of nitrogens with one attached hydrogen (secondary N) is 2. The van der Waals surface area contributed by atoms with Gasteiger partial charge in [-0.2, -0.15) is 0 Å². The Labute approximate surface area is 134 Å². The van der Waals surface area contributed by atoms with Gasteiger partial charge >= 0.3 is 5.97 Å². The zero-order valence-corrected chi connectivity index (χ0v) is 13.4. The maximum Gasteiger partial charge on any atom is 0.340 e. The molecule has 0 bridgehead atoms. The van der Waals surface area contributed by atoms with Gasteiger partial charge in [0.2, 0.25) is 11.9 Å². The van der Waals surface area contributed by atoms with Crippen LogP contribution in [0, 0.1) is 5.92 Å². The molecule has 8 heteroatoms. The van der Waals surface area contributed by atoms with Gasteiger partial charge in [0.05, 0.1) is 24.2 Å². The highest BCUT2D eigenvalue weighted by Gasteiger charge is 2.19. The highest BCUT2D eigenvalue weighted by Crippen LogP contribution is 2.19. The van der Waals surface area contributed by atoms with Gasteiger partial charge in [0.1, 0.15) is 5.52 Å². The number of esters is 1. The third-order valence-corrected chi connectivity index (χ3v) is 3.18. The van der Waals surface area contributed by atoms with Crippen molar-refractivity contribution in [3.05, 3.63) is 23.8 Å². The second-order valence-electron chi connectivity index (χ2n) is 5.04. The highest BCUT2D eigenvalue weighted by atomic mass is 35.5. The Morgan fingerprint density at radius 1 is 1.36 bits per heavy atom. The summed E-state index contributed by atoms with van der Waals surface area (Å²) >= 11 is 0. The molecule has 0 fully saturated rings. The molecule has 1 amide bonds. The first-order valence-electron chi connectivity index (χ1n) is 6.57. The summed E-state index contributed by atoms with van der Waals surface area (Å²) < 4.78 is 4.70. The maximum atomic E-state index is 11.9. The van der Waals surface area contributed by atoms with Crippen molar-refractivity contribution in [3.8, 4) is 0 Å². The molecule has 0 spiro atoms. The van der Waals surface area contributed by atoms with Crippen molar-refractivity contribution in [2.45, 2.75) is 19.9 Å². The summed E-state index contributed by atoms with van der Waals surface area (Å²) in [6.07, 6.45) is 0. The summed E-state index contributed by atoms with van der Waals surface area (Å²) in [5.41, 5.74) is 7.18. The number of fused-ring (bicyclic) bond motifs is 1. The van der Waals surface area contributed by atoms with Crippen molar-refractivity contribution in [3.63, 3.8) is 0 Å². The van der Waals surface area contributed by atoms with E-state index in [1.807, 2.05) is 13.8 Å². The number of carbonyl (C=O) groups excluding carboxylic acids is 2. The Morgan fingerprint density at radius 2 is 2.05 bits per heavy atom. The van der Waals surface area contributed by atoms with E-state index >= 15 is 0 Å². The zero-order chi connectivity index (χ0) is 15.6. The fourth-order valence-corrected chi connectivity index (χ4v) is 1.87. The molecule has 1 aromatic heterocycles. The fourth-order valence-electron chi connectivity index (χ4n) is 1.87. The lowest BCUT2D eigenvalue weighted by atomic mass is 10.1. The van der Waals surface area contributed by atoms with Gasteiger partial charge in [0, 0.05) is 0 Å². The number of halogens is 1. The average molecular weight is 327 g/mol. The molecule has 7 nitrogen and oxygen atoms in total. The monoisotopic (exact) mass is 326 g/mol. The van der Waals surface area contributed by atoms with E-state index in [4.69, 9.17) is 10.5 Å². The minimum Gasteiger partial charge on any atom is -0.465 e. The van der Waals surface area contributed by atoms with Gasteiger partial charge in [-0.05, 0) is 18.1 Å². The molecule has 2 aromatic rings. The number of hydrogen-bond acceptors (Lipinski definition) is 5. The molecule has 4 N–H and O–H groups in total. The van der Waals surface area contributed by atoms with Crippen molar-refractivity contribution >= 4 is 41.3 Å². The fraction of sp³-hybridized carbons (Fsp3) is 0.357. The number of nitrogens with two attached hydrogens (primary N) is 1. The summed E-state index contributed by atoms with van der Waals surface area (Å²) in [5.74, 6) is -0.546. The van der Waals surface area contributed by atoms with Crippen LogP contribution in [0.5, 0.6) is 0 Å². The smallest absolute Gasteiger partial charge is 0.340 e. The number of para-hydroxylation sites is 1. The van der Waals surface area contributed by atoms with E-state index in [2.05, 4.69) is 15.3 Å². The van der Waals surface area contributed by atoms with Crippen LogP contribution in [0.1, 0.15) is 24.2 Å². The molecule has 0 aliphatic heterocycles. The summed E-state index contributed by atoms with van der Waals surface area (Å²) in [6.45, 7) is 3.72. The predicted octanol–water partition coefficient (Wildman–Crippen LogP) is 1.69. The summed E-state index contributed by atoms with van der Waals surface area (Å²) in [6, 6.07) is 4.45. The normalized spacial score (nSPS) is 11.9. The van der Waals surface area contributed by atoms with E-state index in [0.29, 0.717) is 16.6 Å². The summed E-state index contributed by atoms with van der Waals surface area (Å²) in [4.78, 5) is 30.7. The molecule has 0 aliphatic carbocycles. The van der Waals surface area contributed by atoms with Crippen molar-refractivity contribution in [2.75, 3.05) is 12.4 Å². The zero-order valence-electron chi connectivity index (χ0n) is 12.5. The lowest BCUT2D eigenvalue weighted by molar-refractivity contribution is -0.118. The van der Waals surface area contributed by atoms with Crippen molar-refractivity contribution < 1.29 is 14.3 Å². The molecular formula is C14H19ClN4O3. The highest BCUT2D eigenvalue weighted by molar-refractivity contribution is 6.03. The molecule has 0 unspecified atom stereocenters. The van der Waals surface area contributed by atoms with E-state index in [1.165, 1.54) is 7.11 Å². The van der Waals surface area contributed by atoms with Gasteiger partial charge in [-0.1, -0.05) is 19.9 Å². The van der Waals surface area contributed by atoms with Crippen LogP contribution in [0.25, 0.3) is 11.0 Å². The van der Waals surface area contributed by atoms with E-state index in [1.54, 1.807) is 18.2 Å². The number of aromatic amines is 1. The van der Waals surface area contributed by atoms with Crippen molar-refractivity contribution in [2.24, 2.45) is 11.7 Å². The molecule has 0 radical (unpaired) electrons. The Bertz CT molecular complexity index is 684. The van der Waals surface area contributed by atoms with Crippen molar-refractivity contribution in [1.82, 2.24) is 9.97 Å². The molecular weight excluding hydrogens is 308 g/mol. The quantitative estimate of drug-likeness (QED) is 0.741. The number of carbonyl (C=O) groups is 2. The number of amides is 1. The van der Waals surface area contributed by atoms with Crippen LogP contribution in [-0.2, 0) is 9.53 Å². The van der Waals surface area contributed by atoms with Crippen molar-refractivity contribution in [1.29, 1.82) is 0 Å². The summed E-state index contributed by atoms with van der Waals surface area (Å²) in [7, 11) is 1.30. The molecule has 0 aliphatic rings. The van der Waals surface area contributed by atoms with Crippen LogP contribution < -0.4 is 11.1 Å². The average Bonchev–Trinajstić information content (AvgIpc) is 2.87. The molecule has 120 valence electrons. The summed E-state index contributed by atoms with van der Waals surface area (Å²) in [5, 5.41) is 2.61. The Balaban J connectivity index is 0.00000242. The molecule has 2 rings (SSSR count). The van der Waals surface area contributed by atoms with E-state index in [-0.39, 0.29) is 30.2 Å². The number of hydrogen-bond donors (Lipinski definition) is 3. The number of methoxy groups -OCH3 is 1. The van der Waals surface area contributed by atoms with Crippen LogP contribution in [0.15, 0.2) is 18.2 Å². The van der Waals surface area contributed by atoms with E-state index in [9.17, 15) is 9.59 Å². The third kappa shape index (κ3) is 3.55. The lowest BCUT2D eigenvalue weighted by Crippen LogP contribution is -2.39. The number of nitrogens with zero attached hydrogens (tertiary/aromatic N) is 1.